The van der Waals surface area contributed by atoms with Gasteiger partial charge >= 0.3 is 0 Å². The lowest BCUT2D eigenvalue weighted by Gasteiger charge is -2.22. The molecule has 0 saturated heterocycles. The van der Waals surface area contributed by atoms with E-state index in [0.29, 0.717) is 17.4 Å². The van der Waals surface area contributed by atoms with Gasteiger partial charge in [-0.05, 0) is 45.1 Å². The molecule has 7 heteroatoms. The summed E-state index contributed by atoms with van der Waals surface area (Å²) in [7, 11) is 0. The van der Waals surface area contributed by atoms with Gasteiger partial charge in [-0.25, -0.2) is 4.98 Å². The molecular formula is C22H27ClN3O2S-. The molecule has 0 fully saturated rings. The van der Waals surface area contributed by atoms with E-state index in [9.17, 15) is 4.79 Å². The van der Waals surface area contributed by atoms with Crippen molar-refractivity contribution in [2.24, 2.45) is 0 Å². The van der Waals surface area contributed by atoms with E-state index < -0.39 is 0 Å². The molecule has 0 radical (unpaired) electrons. The van der Waals surface area contributed by atoms with Crippen LogP contribution < -0.4 is 17.3 Å². The van der Waals surface area contributed by atoms with Gasteiger partial charge in [0.05, 0.1) is 12.0 Å². The third kappa shape index (κ3) is 5.92. The fourth-order valence-corrected chi connectivity index (χ4v) is 3.91. The fraction of sp³-hybridized carbons (Fsp3) is 0.364. The van der Waals surface area contributed by atoms with Crippen LogP contribution in [-0.2, 0) is 0 Å². The van der Waals surface area contributed by atoms with Gasteiger partial charge in [0.15, 0.2) is 10.9 Å². The molecule has 0 atom stereocenters. The number of rotatable bonds is 9. The molecule has 0 unspecified atom stereocenters. The minimum atomic E-state index is -0.144. The molecule has 1 aromatic carbocycles. The second-order valence-electron chi connectivity index (χ2n) is 6.70. The molecule has 2 heterocycles. The highest BCUT2D eigenvalue weighted by Crippen LogP contribution is 2.29. The molecule has 5 nitrogen and oxygen atoms in total. The third-order valence-electron chi connectivity index (χ3n) is 4.80. The van der Waals surface area contributed by atoms with Crippen molar-refractivity contribution in [1.82, 2.24) is 9.88 Å². The fourth-order valence-electron chi connectivity index (χ4n) is 3.05. The summed E-state index contributed by atoms with van der Waals surface area (Å²) in [5, 5.41) is 2.71. The Labute approximate surface area is 182 Å². The topological polar surface area (TPSA) is 49.6 Å². The highest BCUT2D eigenvalue weighted by molar-refractivity contribution is 7.14. The first-order chi connectivity index (χ1) is 13.6. The quantitative estimate of drug-likeness (QED) is 0.519. The van der Waals surface area contributed by atoms with Gasteiger partial charge in [-0.15, -0.1) is 11.3 Å². The van der Waals surface area contributed by atoms with Crippen molar-refractivity contribution in [2.75, 3.05) is 31.1 Å². The van der Waals surface area contributed by atoms with Crippen molar-refractivity contribution in [3.8, 4) is 11.3 Å². The Morgan fingerprint density at radius 2 is 1.83 bits per heavy atom. The third-order valence-corrected chi connectivity index (χ3v) is 5.66. The number of halogens is 1. The minimum Gasteiger partial charge on any atom is -1.00 e. The Morgan fingerprint density at radius 3 is 2.45 bits per heavy atom. The normalized spacial score (nSPS) is 10.8. The lowest BCUT2D eigenvalue weighted by Crippen LogP contribution is -3.00. The SMILES string of the molecule is CCN(CC)CCCN(C(=O)c1ccco1)c1nc(-c2ccc(C)cc2)cs1.[Cl-]. The highest BCUT2D eigenvalue weighted by atomic mass is 35.5. The van der Waals surface area contributed by atoms with Gasteiger partial charge in [0, 0.05) is 17.5 Å². The van der Waals surface area contributed by atoms with Crippen LogP contribution in [0.4, 0.5) is 5.13 Å². The van der Waals surface area contributed by atoms with Gasteiger partial charge in [-0.2, -0.15) is 0 Å². The van der Waals surface area contributed by atoms with Crippen LogP contribution >= 0.6 is 11.3 Å². The van der Waals surface area contributed by atoms with E-state index in [2.05, 4.69) is 49.9 Å². The van der Waals surface area contributed by atoms with Crippen LogP contribution in [-0.4, -0.2) is 42.0 Å². The zero-order valence-corrected chi connectivity index (χ0v) is 18.7. The summed E-state index contributed by atoms with van der Waals surface area (Å²) < 4.78 is 5.35. The summed E-state index contributed by atoms with van der Waals surface area (Å²) in [6.07, 6.45) is 2.41. The number of carbonyl (C=O) groups excluding carboxylic acids is 1. The Kier molecular flexibility index (Phi) is 8.89. The molecule has 0 aliphatic rings. The number of aryl methyl sites for hydroxylation is 1. The van der Waals surface area contributed by atoms with E-state index in [0.717, 1.165) is 37.3 Å². The number of aromatic nitrogens is 1. The minimum absolute atomic E-state index is 0. The zero-order chi connectivity index (χ0) is 19.9. The molecule has 0 spiro atoms. The summed E-state index contributed by atoms with van der Waals surface area (Å²) in [6, 6.07) is 11.7. The smallest absolute Gasteiger partial charge is 0.295 e. The molecule has 0 saturated carbocycles. The van der Waals surface area contributed by atoms with Crippen LogP contribution in [0.15, 0.2) is 52.5 Å². The van der Waals surface area contributed by atoms with Crippen LogP contribution in [0.25, 0.3) is 11.3 Å². The van der Waals surface area contributed by atoms with Gasteiger partial charge in [0.25, 0.3) is 5.91 Å². The van der Waals surface area contributed by atoms with E-state index in [1.54, 1.807) is 17.0 Å². The summed E-state index contributed by atoms with van der Waals surface area (Å²) in [6.45, 7) is 9.96. The monoisotopic (exact) mass is 432 g/mol. The number of hydrogen-bond acceptors (Lipinski definition) is 5. The number of hydrogen-bond donors (Lipinski definition) is 0. The predicted molar refractivity (Wildman–Crippen MR) is 115 cm³/mol. The van der Waals surface area contributed by atoms with Crippen LogP contribution in [0.2, 0.25) is 0 Å². The van der Waals surface area contributed by atoms with E-state index in [4.69, 9.17) is 9.40 Å². The zero-order valence-electron chi connectivity index (χ0n) is 17.1. The Hall–Kier alpha value is -2.15. The van der Waals surface area contributed by atoms with E-state index in [-0.39, 0.29) is 18.3 Å². The first kappa shape index (κ1) is 23.1. The van der Waals surface area contributed by atoms with Crippen molar-refractivity contribution >= 4 is 22.4 Å². The lowest BCUT2D eigenvalue weighted by atomic mass is 10.1. The Bertz CT molecular complexity index is 874. The highest BCUT2D eigenvalue weighted by Gasteiger charge is 2.23. The predicted octanol–water partition coefficient (Wildman–Crippen LogP) is 2.09. The van der Waals surface area contributed by atoms with Crippen LogP contribution in [0, 0.1) is 6.92 Å². The van der Waals surface area contributed by atoms with E-state index in [1.807, 2.05) is 5.38 Å². The number of anilines is 1. The second kappa shape index (κ2) is 11.1. The number of amides is 1. The van der Waals surface area contributed by atoms with Crippen LogP contribution in [0.5, 0.6) is 0 Å². The lowest BCUT2D eigenvalue weighted by molar-refractivity contribution is -0.0000136. The van der Waals surface area contributed by atoms with Gasteiger partial charge in [-0.3, -0.25) is 9.69 Å². The van der Waals surface area contributed by atoms with Crippen molar-refractivity contribution in [3.05, 3.63) is 59.4 Å². The second-order valence-corrected chi connectivity index (χ2v) is 7.53. The molecular weight excluding hydrogens is 406 g/mol. The molecule has 2 aromatic heterocycles. The standard InChI is InChI=1S/C22H27N3O2S.ClH/c1-4-24(5-2)13-7-14-25(21(26)20-8-6-15-27-20)22-23-19(16-28-22)18-11-9-17(3)10-12-18;/h6,8-12,15-16H,4-5,7,13-14H2,1-3H3;1H/p-1. The molecule has 3 rings (SSSR count). The summed E-state index contributed by atoms with van der Waals surface area (Å²) in [4.78, 5) is 21.8. The van der Waals surface area contributed by atoms with Gasteiger partial charge in [0.1, 0.15) is 0 Å². The van der Waals surface area contributed by atoms with Gasteiger partial charge in [0.2, 0.25) is 0 Å². The maximum atomic E-state index is 13.0. The molecule has 0 aliphatic carbocycles. The summed E-state index contributed by atoms with van der Waals surface area (Å²) in [5.41, 5.74) is 3.16. The number of carbonyl (C=O) groups is 1. The number of benzene rings is 1. The molecule has 29 heavy (non-hydrogen) atoms. The summed E-state index contributed by atoms with van der Waals surface area (Å²) in [5.74, 6) is 0.198. The number of furan rings is 1. The van der Waals surface area contributed by atoms with Crippen molar-refractivity contribution < 1.29 is 21.6 Å². The molecule has 3 aromatic rings. The van der Waals surface area contributed by atoms with E-state index in [1.165, 1.54) is 23.2 Å². The Balaban J connectivity index is 0.00000300. The molecule has 0 N–H and O–H groups in total. The first-order valence-electron chi connectivity index (χ1n) is 9.72. The average molecular weight is 433 g/mol. The van der Waals surface area contributed by atoms with Crippen molar-refractivity contribution in [3.63, 3.8) is 0 Å². The van der Waals surface area contributed by atoms with Gasteiger partial charge < -0.3 is 21.7 Å². The average Bonchev–Trinajstić information content (AvgIpc) is 3.41. The molecule has 1 amide bonds. The van der Waals surface area contributed by atoms with Crippen molar-refractivity contribution in [1.29, 1.82) is 0 Å². The maximum absolute atomic E-state index is 13.0. The summed E-state index contributed by atoms with van der Waals surface area (Å²) >= 11 is 1.49. The largest absolute Gasteiger partial charge is 1.00 e. The van der Waals surface area contributed by atoms with Gasteiger partial charge in [-0.1, -0.05) is 43.7 Å². The van der Waals surface area contributed by atoms with E-state index >= 15 is 0 Å². The van der Waals surface area contributed by atoms with Crippen LogP contribution in [0.1, 0.15) is 36.4 Å². The molecule has 0 aliphatic heterocycles. The Morgan fingerprint density at radius 1 is 1.10 bits per heavy atom. The maximum Gasteiger partial charge on any atom is 0.295 e. The number of thiazole rings is 1. The molecule has 156 valence electrons. The molecule has 0 bridgehead atoms. The first-order valence-corrected chi connectivity index (χ1v) is 10.6. The van der Waals surface area contributed by atoms with Crippen LogP contribution in [0.3, 0.4) is 0 Å². The van der Waals surface area contributed by atoms with Crippen molar-refractivity contribution in [2.45, 2.75) is 27.2 Å². The number of nitrogens with zero attached hydrogens (tertiary/aromatic N) is 3.